The largest absolute Gasteiger partial charge is 0.491 e. The van der Waals surface area contributed by atoms with Crippen LogP contribution < -0.4 is 14.5 Å². The third-order valence-corrected chi connectivity index (χ3v) is 11.4. The molecule has 1 N–H and O–H groups in total. The molecule has 4 amide bonds. The van der Waals surface area contributed by atoms with Crippen molar-refractivity contribution in [3.8, 4) is 5.75 Å². The highest BCUT2D eigenvalue weighted by atomic mass is 35.5. The Balaban J connectivity index is 1.31. The Labute approximate surface area is 300 Å². The molecule has 2 aliphatic heterocycles. The summed E-state index contributed by atoms with van der Waals surface area (Å²) >= 11 is 6.41. The number of halogens is 1. The molecule has 0 bridgehead atoms. The maximum Gasteiger partial charge on any atom is 0.246 e. The van der Waals surface area contributed by atoms with Gasteiger partial charge in [-0.2, -0.15) is 0 Å². The molecule has 4 aliphatic rings. The number of ether oxygens (including phenoxy) is 1. The Morgan fingerprint density at radius 3 is 2.25 bits per heavy atom. The Hall–Kier alpha value is -5.31. The van der Waals surface area contributed by atoms with Gasteiger partial charge in [0.2, 0.25) is 23.6 Å². The number of carbonyl (C=O) groups is 4. The van der Waals surface area contributed by atoms with Gasteiger partial charge in [-0.15, -0.1) is 0 Å². The van der Waals surface area contributed by atoms with Crippen LogP contribution in [0.5, 0.6) is 5.75 Å². The Kier molecular flexibility index (Phi) is 8.24. The second-order valence-corrected chi connectivity index (χ2v) is 14.0. The number of nitrogens with zero attached hydrogens (tertiary/aromatic N) is 2. The molecule has 4 aromatic carbocycles. The SMILES string of the molecule is C=Cc1ccc(N2C(=O)[C@H]3[C@H](CC=C4[C@H]3C[C@H]3C(=O)N(c5cccc(Cl)c5)C(=O)[C@@]3(c3ccccc3)[C@H]4c3ccc(OCCO)cc3)C2=O)cc1. The molecular formula is C42H35ClN2O6. The number of fused-ring (bicyclic) bond motifs is 4. The zero-order valence-corrected chi connectivity index (χ0v) is 28.4. The highest BCUT2D eigenvalue weighted by molar-refractivity contribution is 6.32. The van der Waals surface area contributed by atoms with Crippen LogP contribution in [0.3, 0.4) is 0 Å². The fraction of sp³-hybridized carbons (Fsp3) is 0.238. The quantitative estimate of drug-likeness (QED) is 0.162. The Morgan fingerprint density at radius 1 is 0.824 bits per heavy atom. The lowest BCUT2D eigenvalue weighted by molar-refractivity contribution is -0.127. The van der Waals surface area contributed by atoms with Crippen LogP contribution in [0.2, 0.25) is 5.02 Å². The minimum absolute atomic E-state index is 0.125. The fourth-order valence-corrected chi connectivity index (χ4v) is 9.24. The topological polar surface area (TPSA) is 104 Å². The van der Waals surface area contributed by atoms with E-state index in [1.165, 1.54) is 9.80 Å². The molecule has 2 saturated heterocycles. The lowest BCUT2D eigenvalue weighted by atomic mass is 9.49. The standard InChI is InChI=1S/C42H35ClN2O6/c1-2-25-11-15-29(16-12-25)44-38(47)33-20-19-32-34(36(33)40(44)49)24-35-39(48)45(30-10-6-9-28(43)23-30)41(50)42(35,27-7-4-3-5-8-27)37(32)26-13-17-31(18-14-26)51-22-21-46/h2-19,23,33-37,46H,1,20-22,24H2/t33-,34+,35-,36-,37-,42+/m0/s1. The maximum absolute atomic E-state index is 15.3. The van der Waals surface area contributed by atoms with Gasteiger partial charge in [0.15, 0.2) is 0 Å². The molecule has 8 nitrogen and oxygen atoms in total. The first-order chi connectivity index (χ1) is 24.8. The number of imide groups is 2. The molecule has 0 aromatic heterocycles. The molecular weight excluding hydrogens is 664 g/mol. The summed E-state index contributed by atoms with van der Waals surface area (Å²) in [4.78, 5) is 61.3. The van der Waals surface area contributed by atoms with E-state index in [9.17, 15) is 19.5 Å². The van der Waals surface area contributed by atoms with E-state index in [2.05, 4.69) is 6.58 Å². The van der Waals surface area contributed by atoms with Crippen LogP contribution in [0.1, 0.15) is 35.4 Å². The first kappa shape index (κ1) is 32.9. The van der Waals surface area contributed by atoms with Gasteiger partial charge in [-0.25, -0.2) is 4.90 Å². The van der Waals surface area contributed by atoms with Crippen LogP contribution in [0, 0.1) is 23.7 Å². The molecule has 1 saturated carbocycles. The molecule has 256 valence electrons. The van der Waals surface area contributed by atoms with Crippen molar-refractivity contribution in [3.05, 3.63) is 143 Å². The number of amides is 4. The van der Waals surface area contributed by atoms with Crippen LogP contribution in [0.15, 0.2) is 121 Å². The number of anilines is 2. The zero-order valence-electron chi connectivity index (χ0n) is 27.7. The van der Waals surface area contributed by atoms with E-state index in [4.69, 9.17) is 16.3 Å². The van der Waals surface area contributed by atoms with Crippen molar-refractivity contribution in [1.82, 2.24) is 0 Å². The number of carbonyl (C=O) groups excluding carboxylic acids is 4. The van der Waals surface area contributed by atoms with Crippen LogP contribution in [0.4, 0.5) is 11.4 Å². The molecule has 0 radical (unpaired) electrons. The van der Waals surface area contributed by atoms with E-state index >= 15 is 4.79 Å². The van der Waals surface area contributed by atoms with Gasteiger partial charge in [0.1, 0.15) is 12.4 Å². The predicted octanol–water partition coefficient (Wildman–Crippen LogP) is 6.72. The Morgan fingerprint density at radius 2 is 1.57 bits per heavy atom. The van der Waals surface area contributed by atoms with Crippen LogP contribution in [0.25, 0.3) is 6.08 Å². The van der Waals surface area contributed by atoms with Crippen molar-refractivity contribution >= 4 is 52.7 Å². The number of hydrogen-bond donors (Lipinski definition) is 1. The van der Waals surface area contributed by atoms with Crippen molar-refractivity contribution < 1.29 is 29.0 Å². The van der Waals surface area contributed by atoms with E-state index in [0.717, 1.165) is 16.7 Å². The van der Waals surface area contributed by atoms with Gasteiger partial charge in [-0.05, 0) is 77.9 Å². The summed E-state index contributed by atoms with van der Waals surface area (Å²) in [6.07, 6.45) is 4.28. The molecule has 9 heteroatoms. The smallest absolute Gasteiger partial charge is 0.246 e. The lowest BCUT2D eigenvalue weighted by Gasteiger charge is -2.50. The van der Waals surface area contributed by atoms with Gasteiger partial charge in [0.05, 0.1) is 41.2 Å². The molecule has 51 heavy (non-hydrogen) atoms. The highest BCUT2D eigenvalue weighted by Gasteiger charge is 2.70. The van der Waals surface area contributed by atoms with Gasteiger partial charge in [0, 0.05) is 10.9 Å². The van der Waals surface area contributed by atoms with E-state index in [1.807, 2.05) is 60.7 Å². The molecule has 8 rings (SSSR count). The second-order valence-electron chi connectivity index (χ2n) is 13.5. The van der Waals surface area contributed by atoms with Gasteiger partial charge in [-0.3, -0.25) is 24.1 Å². The molecule has 0 unspecified atom stereocenters. The third-order valence-electron chi connectivity index (χ3n) is 11.1. The second kappa shape index (κ2) is 12.8. The number of aliphatic hydroxyl groups is 1. The van der Waals surface area contributed by atoms with E-state index < -0.39 is 35.0 Å². The summed E-state index contributed by atoms with van der Waals surface area (Å²) in [5.41, 5.74) is 2.72. The highest BCUT2D eigenvalue weighted by Crippen LogP contribution is 2.64. The van der Waals surface area contributed by atoms with Gasteiger partial charge in [0.25, 0.3) is 0 Å². The minimum Gasteiger partial charge on any atom is -0.491 e. The number of allylic oxidation sites excluding steroid dienone is 2. The van der Waals surface area contributed by atoms with Crippen molar-refractivity contribution in [2.24, 2.45) is 23.7 Å². The number of hydrogen-bond acceptors (Lipinski definition) is 6. The molecule has 2 heterocycles. The molecule has 3 fully saturated rings. The van der Waals surface area contributed by atoms with Crippen LogP contribution in [-0.4, -0.2) is 41.9 Å². The summed E-state index contributed by atoms with van der Waals surface area (Å²) in [7, 11) is 0. The number of rotatable bonds is 8. The van der Waals surface area contributed by atoms with Crippen molar-refractivity contribution in [2.45, 2.75) is 24.2 Å². The monoisotopic (exact) mass is 698 g/mol. The van der Waals surface area contributed by atoms with Crippen LogP contribution >= 0.6 is 11.6 Å². The molecule has 4 aromatic rings. The zero-order chi connectivity index (χ0) is 35.4. The number of benzene rings is 4. The van der Waals surface area contributed by atoms with Crippen LogP contribution in [-0.2, 0) is 24.6 Å². The van der Waals surface area contributed by atoms with Crippen molar-refractivity contribution in [2.75, 3.05) is 23.0 Å². The summed E-state index contributed by atoms with van der Waals surface area (Å²) in [6, 6.07) is 30.7. The first-order valence-corrected chi connectivity index (χ1v) is 17.5. The van der Waals surface area contributed by atoms with Crippen molar-refractivity contribution in [1.29, 1.82) is 0 Å². The predicted molar refractivity (Wildman–Crippen MR) is 194 cm³/mol. The molecule has 0 spiro atoms. The summed E-state index contributed by atoms with van der Waals surface area (Å²) in [6.45, 7) is 3.79. The minimum atomic E-state index is -1.37. The van der Waals surface area contributed by atoms with E-state index in [0.29, 0.717) is 34.1 Å². The van der Waals surface area contributed by atoms with Crippen molar-refractivity contribution in [3.63, 3.8) is 0 Å². The summed E-state index contributed by atoms with van der Waals surface area (Å²) in [5, 5.41) is 9.72. The van der Waals surface area contributed by atoms with Gasteiger partial charge < -0.3 is 9.84 Å². The summed E-state index contributed by atoms with van der Waals surface area (Å²) < 4.78 is 5.68. The van der Waals surface area contributed by atoms with E-state index in [1.54, 1.807) is 54.6 Å². The van der Waals surface area contributed by atoms with Gasteiger partial charge in [-0.1, -0.05) is 96.6 Å². The molecule has 2 aliphatic carbocycles. The van der Waals surface area contributed by atoms with E-state index in [-0.39, 0.29) is 43.3 Å². The average Bonchev–Trinajstić information content (AvgIpc) is 3.55. The summed E-state index contributed by atoms with van der Waals surface area (Å²) in [5.74, 6) is -4.03. The maximum atomic E-state index is 15.3. The van der Waals surface area contributed by atoms with Gasteiger partial charge >= 0.3 is 0 Å². The third kappa shape index (κ3) is 5.00. The Bertz CT molecular complexity index is 2100. The average molecular weight is 699 g/mol. The fourth-order valence-electron chi connectivity index (χ4n) is 9.05. The normalized spacial score (nSPS) is 26.8. The number of aliphatic hydroxyl groups excluding tert-OH is 1. The molecule has 6 atom stereocenters. The first-order valence-electron chi connectivity index (χ1n) is 17.1. The lowest BCUT2D eigenvalue weighted by Crippen LogP contribution is -2.53.